The molecule has 1 heterocycles. The van der Waals surface area contributed by atoms with E-state index in [1.165, 1.54) is 7.11 Å². The summed E-state index contributed by atoms with van der Waals surface area (Å²) in [4.78, 5) is 9.73. The summed E-state index contributed by atoms with van der Waals surface area (Å²) < 4.78 is 4.98. The smallest absolute Gasteiger partial charge is 0.225 e. The number of nitrogens with zero attached hydrogens (tertiary/aromatic N) is 3. The van der Waals surface area contributed by atoms with Crippen LogP contribution in [0.3, 0.4) is 0 Å². The highest BCUT2D eigenvalue weighted by Crippen LogP contribution is 2.18. The Morgan fingerprint density at radius 3 is 2.80 bits per heavy atom. The van der Waals surface area contributed by atoms with Gasteiger partial charge in [-0.15, -0.1) is 0 Å². The topological polar surface area (TPSA) is 84.5 Å². The van der Waals surface area contributed by atoms with Gasteiger partial charge in [-0.1, -0.05) is 0 Å². The highest BCUT2D eigenvalue weighted by Gasteiger charge is 2.12. The monoisotopic (exact) mass is 212 g/mol. The van der Waals surface area contributed by atoms with Gasteiger partial charge in [-0.3, -0.25) is 0 Å². The number of hydrogen-bond donors (Lipinski definition) is 2. The summed E-state index contributed by atoms with van der Waals surface area (Å²) >= 11 is 0. The first-order chi connectivity index (χ1) is 7.08. The predicted octanol–water partition coefficient (Wildman–Crippen LogP) is -0.116. The number of aromatic nitrogens is 2. The first-order valence-corrected chi connectivity index (χ1v) is 4.60. The highest BCUT2D eigenvalue weighted by molar-refractivity contribution is 5.45. The quantitative estimate of drug-likeness (QED) is 0.724. The third kappa shape index (κ3) is 2.69. The van der Waals surface area contributed by atoms with Crippen molar-refractivity contribution in [3.8, 4) is 5.88 Å². The average molecular weight is 212 g/mol. The van der Waals surface area contributed by atoms with E-state index in [0.717, 1.165) is 0 Å². The Morgan fingerprint density at radius 1 is 1.60 bits per heavy atom. The van der Waals surface area contributed by atoms with Gasteiger partial charge >= 0.3 is 0 Å². The number of aliphatic hydroxyl groups is 1. The molecular weight excluding hydrogens is 196 g/mol. The number of likely N-dealkylation sites (N-methyl/N-ethyl adjacent to an activating group) is 1. The third-order valence-corrected chi connectivity index (χ3v) is 2.20. The van der Waals surface area contributed by atoms with Crippen molar-refractivity contribution in [1.29, 1.82) is 0 Å². The molecule has 0 saturated heterocycles. The Labute approximate surface area is 88.7 Å². The molecule has 15 heavy (non-hydrogen) atoms. The van der Waals surface area contributed by atoms with Crippen LogP contribution in [0.5, 0.6) is 5.88 Å². The Bertz CT molecular complexity index is 332. The summed E-state index contributed by atoms with van der Waals surface area (Å²) in [6.45, 7) is 1.92. The summed E-state index contributed by atoms with van der Waals surface area (Å²) in [5.74, 6) is 1.19. The number of nitrogen functional groups attached to an aromatic ring is 1. The van der Waals surface area contributed by atoms with Gasteiger partial charge in [0.05, 0.1) is 19.8 Å². The molecule has 0 amide bonds. The van der Waals surface area contributed by atoms with E-state index < -0.39 is 0 Å². The molecule has 0 aliphatic rings. The lowest BCUT2D eigenvalue weighted by molar-refractivity contribution is 0.269. The molecule has 1 aromatic rings. The van der Waals surface area contributed by atoms with Gasteiger partial charge in [0, 0.05) is 13.1 Å². The van der Waals surface area contributed by atoms with Crippen LogP contribution in [0.25, 0.3) is 0 Å². The molecule has 1 rings (SSSR count). The highest BCUT2D eigenvalue weighted by atomic mass is 16.5. The van der Waals surface area contributed by atoms with E-state index in [4.69, 9.17) is 15.6 Å². The molecule has 0 saturated carbocycles. The zero-order valence-corrected chi connectivity index (χ0v) is 9.14. The van der Waals surface area contributed by atoms with Crippen molar-refractivity contribution < 1.29 is 9.84 Å². The molecule has 0 aromatic carbocycles. The van der Waals surface area contributed by atoms with Crippen molar-refractivity contribution in [3.05, 3.63) is 6.07 Å². The van der Waals surface area contributed by atoms with Crippen molar-refractivity contribution >= 4 is 11.8 Å². The van der Waals surface area contributed by atoms with Crippen LogP contribution in [0, 0.1) is 0 Å². The van der Waals surface area contributed by atoms with Crippen molar-refractivity contribution in [1.82, 2.24) is 9.97 Å². The normalized spacial score (nSPS) is 12.3. The molecule has 84 valence electrons. The van der Waals surface area contributed by atoms with E-state index in [1.54, 1.807) is 11.0 Å². The van der Waals surface area contributed by atoms with Crippen molar-refractivity contribution in [2.24, 2.45) is 0 Å². The minimum absolute atomic E-state index is 0.0380. The Hall–Kier alpha value is -1.56. The van der Waals surface area contributed by atoms with E-state index in [9.17, 15) is 0 Å². The standard InChI is InChI=1S/C9H16N4O2/c1-6(5-14)13(2)7-4-8(15-3)12-9(10)11-7/h4,6,14H,5H2,1-3H3,(H2,10,11,12). The maximum absolute atomic E-state index is 9.01. The van der Waals surface area contributed by atoms with E-state index in [2.05, 4.69) is 9.97 Å². The number of aliphatic hydroxyl groups excluding tert-OH is 1. The van der Waals surface area contributed by atoms with Gasteiger partial charge in [-0.05, 0) is 6.92 Å². The van der Waals surface area contributed by atoms with Gasteiger partial charge < -0.3 is 20.5 Å². The van der Waals surface area contributed by atoms with Gasteiger partial charge in [0.25, 0.3) is 0 Å². The molecule has 1 atom stereocenters. The Balaban J connectivity index is 2.97. The SMILES string of the molecule is COc1cc(N(C)C(C)CO)nc(N)n1. The van der Waals surface area contributed by atoms with Gasteiger partial charge in [0.2, 0.25) is 11.8 Å². The molecule has 1 unspecified atom stereocenters. The zero-order valence-electron chi connectivity index (χ0n) is 9.14. The second-order valence-corrected chi connectivity index (χ2v) is 3.27. The molecule has 0 radical (unpaired) electrons. The van der Waals surface area contributed by atoms with Crippen LogP contribution < -0.4 is 15.4 Å². The average Bonchev–Trinajstić information content (AvgIpc) is 2.26. The minimum Gasteiger partial charge on any atom is -0.481 e. The molecule has 0 aliphatic carbocycles. The van der Waals surface area contributed by atoms with E-state index in [-0.39, 0.29) is 18.6 Å². The van der Waals surface area contributed by atoms with Crippen LogP contribution in [0.2, 0.25) is 0 Å². The van der Waals surface area contributed by atoms with Crippen LogP contribution in [-0.4, -0.2) is 41.9 Å². The number of hydrogen-bond acceptors (Lipinski definition) is 6. The maximum atomic E-state index is 9.01. The summed E-state index contributed by atoms with van der Waals surface area (Å²) in [6, 6.07) is 1.63. The van der Waals surface area contributed by atoms with Crippen LogP contribution in [-0.2, 0) is 0 Å². The number of rotatable bonds is 4. The van der Waals surface area contributed by atoms with E-state index >= 15 is 0 Å². The molecule has 0 aliphatic heterocycles. The summed E-state index contributed by atoms with van der Waals surface area (Å²) in [6.07, 6.45) is 0. The number of nitrogens with two attached hydrogens (primary N) is 1. The van der Waals surface area contributed by atoms with Gasteiger partial charge in [0.1, 0.15) is 5.82 Å². The second-order valence-electron chi connectivity index (χ2n) is 3.27. The lowest BCUT2D eigenvalue weighted by Crippen LogP contribution is -2.32. The summed E-state index contributed by atoms with van der Waals surface area (Å²) in [7, 11) is 3.34. The van der Waals surface area contributed by atoms with Crippen LogP contribution in [0.15, 0.2) is 6.07 Å². The van der Waals surface area contributed by atoms with E-state index in [0.29, 0.717) is 11.7 Å². The lowest BCUT2D eigenvalue weighted by atomic mass is 10.3. The molecule has 0 bridgehead atoms. The van der Waals surface area contributed by atoms with Crippen molar-refractivity contribution in [2.75, 3.05) is 31.4 Å². The fourth-order valence-electron chi connectivity index (χ4n) is 1.06. The predicted molar refractivity (Wildman–Crippen MR) is 57.9 cm³/mol. The largest absolute Gasteiger partial charge is 0.481 e. The fraction of sp³-hybridized carbons (Fsp3) is 0.556. The first-order valence-electron chi connectivity index (χ1n) is 4.60. The maximum Gasteiger partial charge on any atom is 0.225 e. The Morgan fingerprint density at radius 2 is 2.27 bits per heavy atom. The minimum atomic E-state index is -0.0380. The number of ether oxygens (including phenoxy) is 1. The zero-order chi connectivity index (χ0) is 11.4. The molecule has 0 spiro atoms. The van der Waals surface area contributed by atoms with Crippen LogP contribution in [0.1, 0.15) is 6.92 Å². The Kier molecular flexibility index (Phi) is 3.68. The molecule has 1 aromatic heterocycles. The first kappa shape index (κ1) is 11.5. The summed E-state index contributed by atoms with van der Waals surface area (Å²) in [5.41, 5.74) is 5.52. The molecule has 6 heteroatoms. The van der Waals surface area contributed by atoms with Crippen LogP contribution in [0.4, 0.5) is 11.8 Å². The van der Waals surface area contributed by atoms with Crippen molar-refractivity contribution in [3.63, 3.8) is 0 Å². The molecule has 6 nitrogen and oxygen atoms in total. The van der Waals surface area contributed by atoms with Gasteiger partial charge in [0.15, 0.2) is 0 Å². The van der Waals surface area contributed by atoms with Crippen molar-refractivity contribution in [2.45, 2.75) is 13.0 Å². The second kappa shape index (κ2) is 4.79. The lowest BCUT2D eigenvalue weighted by Gasteiger charge is -2.24. The number of anilines is 2. The van der Waals surface area contributed by atoms with Crippen LogP contribution >= 0.6 is 0 Å². The van der Waals surface area contributed by atoms with Gasteiger partial charge in [-0.2, -0.15) is 9.97 Å². The third-order valence-electron chi connectivity index (χ3n) is 2.20. The number of methoxy groups -OCH3 is 1. The fourth-order valence-corrected chi connectivity index (χ4v) is 1.06. The molecule has 0 fully saturated rings. The van der Waals surface area contributed by atoms with E-state index in [1.807, 2.05) is 14.0 Å². The molecular formula is C9H16N4O2. The molecule has 3 N–H and O–H groups in total. The van der Waals surface area contributed by atoms with Gasteiger partial charge in [-0.25, -0.2) is 0 Å². The summed E-state index contributed by atoms with van der Waals surface area (Å²) in [5, 5.41) is 9.01.